The minimum Gasteiger partial charge on any atom is -0.311 e. The summed E-state index contributed by atoms with van der Waals surface area (Å²) >= 11 is 0. The van der Waals surface area contributed by atoms with Crippen molar-refractivity contribution in [1.82, 2.24) is 5.32 Å². The van der Waals surface area contributed by atoms with Gasteiger partial charge in [-0.05, 0) is 37.8 Å². The lowest BCUT2D eigenvalue weighted by Gasteiger charge is -2.31. The SMILES string of the molecule is FC1CCC1NCCCc1ccccc1. The largest absolute Gasteiger partial charge is 0.311 e. The molecule has 0 aromatic heterocycles. The molecule has 0 spiro atoms. The highest BCUT2D eigenvalue weighted by atomic mass is 19.1. The van der Waals surface area contributed by atoms with Gasteiger partial charge in [0, 0.05) is 6.04 Å². The highest BCUT2D eigenvalue weighted by Crippen LogP contribution is 2.22. The van der Waals surface area contributed by atoms with Crippen LogP contribution in [0.3, 0.4) is 0 Å². The smallest absolute Gasteiger partial charge is 0.115 e. The minimum absolute atomic E-state index is 0.140. The molecule has 2 heteroatoms. The second kappa shape index (κ2) is 5.26. The van der Waals surface area contributed by atoms with E-state index in [2.05, 4.69) is 29.6 Å². The fourth-order valence-electron chi connectivity index (χ4n) is 1.91. The van der Waals surface area contributed by atoms with Crippen molar-refractivity contribution < 1.29 is 4.39 Å². The molecule has 0 radical (unpaired) electrons. The van der Waals surface area contributed by atoms with E-state index in [9.17, 15) is 4.39 Å². The summed E-state index contributed by atoms with van der Waals surface area (Å²) in [5.41, 5.74) is 1.37. The summed E-state index contributed by atoms with van der Waals surface area (Å²) in [5.74, 6) is 0. The number of hydrogen-bond acceptors (Lipinski definition) is 1. The monoisotopic (exact) mass is 207 g/mol. The molecule has 82 valence electrons. The maximum absolute atomic E-state index is 12.9. The number of rotatable bonds is 5. The van der Waals surface area contributed by atoms with Crippen molar-refractivity contribution >= 4 is 0 Å². The summed E-state index contributed by atoms with van der Waals surface area (Å²) in [4.78, 5) is 0. The van der Waals surface area contributed by atoms with Gasteiger partial charge in [0.25, 0.3) is 0 Å². The third kappa shape index (κ3) is 3.03. The number of halogens is 1. The molecule has 1 saturated carbocycles. The van der Waals surface area contributed by atoms with Gasteiger partial charge in [-0.15, -0.1) is 0 Å². The molecule has 2 atom stereocenters. The van der Waals surface area contributed by atoms with Crippen LogP contribution in [0.15, 0.2) is 30.3 Å². The highest BCUT2D eigenvalue weighted by Gasteiger charge is 2.29. The standard InChI is InChI=1S/C13H18FN/c14-12-8-9-13(12)15-10-4-7-11-5-2-1-3-6-11/h1-3,5-6,12-13,15H,4,7-10H2. The molecule has 1 fully saturated rings. The molecule has 1 aromatic rings. The second-order valence-corrected chi connectivity index (χ2v) is 4.24. The average Bonchev–Trinajstić information content (AvgIpc) is 2.28. The molecule has 2 unspecified atom stereocenters. The maximum atomic E-state index is 12.9. The molecule has 0 amide bonds. The van der Waals surface area contributed by atoms with Crippen LogP contribution in [0.4, 0.5) is 4.39 Å². The van der Waals surface area contributed by atoms with Gasteiger partial charge in [-0.1, -0.05) is 30.3 Å². The summed E-state index contributed by atoms with van der Waals surface area (Å²) in [6, 6.07) is 10.6. The zero-order chi connectivity index (χ0) is 10.5. The Labute approximate surface area is 90.7 Å². The molecule has 1 aliphatic rings. The summed E-state index contributed by atoms with van der Waals surface area (Å²) in [6.45, 7) is 0.931. The van der Waals surface area contributed by atoms with Gasteiger partial charge in [-0.2, -0.15) is 0 Å². The third-order valence-electron chi connectivity index (χ3n) is 3.08. The first-order valence-electron chi connectivity index (χ1n) is 5.77. The lowest BCUT2D eigenvalue weighted by Crippen LogP contribution is -2.45. The second-order valence-electron chi connectivity index (χ2n) is 4.24. The number of benzene rings is 1. The molecule has 1 aromatic carbocycles. The molecule has 1 N–H and O–H groups in total. The van der Waals surface area contributed by atoms with Gasteiger partial charge in [0.2, 0.25) is 0 Å². The molecule has 1 nitrogen and oxygen atoms in total. The molecule has 0 heterocycles. The van der Waals surface area contributed by atoms with Crippen molar-refractivity contribution in [2.75, 3.05) is 6.54 Å². The summed E-state index contributed by atoms with van der Waals surface area (Å²) in [7, 11) is 0. The van der Waals surface area contributed by atoms with E-state index < -0.39 is 6.17 Å². The molecule has 0 bridgehead atoms. The van der Waals surface area contributed by atoms with Crippen LogP contribution in [-0.4, -0.2) is 18.8 Å². The molecule has 15 heavy (non-hydrogen) atoms. The van der Waals surface area contributed by atoms with Crippen molar-refractivity contribution in [3.8, 4) is 0 Å². The lowest BCUT2D eigenvalue weighted by molar-refractivity contribution is 0.142. The lowest BCUT2D eigenvalue weighted by atomic mass is 9.90. The van der Waals surface area contributed by atoms with Gasteiger partial charge in [-0.3, -0.25) is 0 Å². The van der Waals surface area contributed by atoms with E-state index >= 15 is 0 Å². The van der Waals surface area contributed by atoms with Crippen LogP contribution >= 0.6 is 0 Å². The van der Waals surface area contributed by atoms with Crippen molar-refractivity contribution in [3.63, 3.8) is 0 Å². The van der Waals surface area contributed by atoms with Gasteiger partial charge < -0.3 is 5.32 Å². The van der Waals surface area contributed by atoms with E-state index in [-0.39, 0.29) is 6.04 Å². The summed E-state index contributed by atoms with van der Waals surface area (Å²) in [6.07, 6.45) is 3.33. The zero-order valence-electron chi connectivity index (χ0n) is 8.95. The van der Waals surface area contributed by atoms with Crippen molar-refractivity contribution in [1.29, 1.82) is 0 Å². The summed E-state index contributed by atoms with van der Waals surface area (Å²) < 4.78 is 12.9. The number of hydrogen-bond donors (Lipinski definition) is 1. The van der Waals surface area contributed by atoms with Crippen LogP contribution in [0.2, 0.25) is 0 Å². The predicted molar refractivity (Wildman–Crippen MR) is 60.7 cm³/mol. The van der Waals surface area contributed by atoms with Gasteiger partial charge in [-0.25, -0.2) is 4.39 Å². The van der Waals surface area contributed by atoms with E-state index in [4.69, 9.17) is 0 Å². The Morgan fingerprint density at radius 3 is 2.60 bits per heavy atom. The van der Waals surface area contributed by atoms with Crippen molar-refractivity contribution in [2.24, 2.45) is 0 Å². The molecule has 2 rings (SSSR count). The van der Waals surface area contributed by atoms with Crippen LogP contribution in [0, 0.1) is 0 Å². The van der Waals surface area contributed by atoms with Crippen LogP contribution in [-0.2, 0) is 6.42 Å². The van der Waals surface area contributed by atoms with E-state index in [1.807, 2.05) is 6.07 Å². The number of aryl methyl sites for hydroxylation is 1. The van der Waals surface area contributed by atoms with E-state index in [0.717, 1.165) is 32.2 Å². The molecule has 0 aliphatic heterocycles. The number of alkyl halides is 1. The van der Waals surface area contributed by atoms with Crippen LogP contribution in [0.5, 0.6) is 0 Å². The van der Waals surface area contributed by atoms with Crippen LogP contribution in [0.25, 0.3) is 0 Å². The fourth-order valence-corrected chi connectivity index (χ4v) is 1.91. The quantitative estimate of drug-likeness (QED) is 0.732. The highest BCUT2D eigenvalue weighted by molar-refractivity contribution is 5.14. The normalized spacial score (nSPS) is 24.9. The maximum Gasteiger partial charge on any atom is 0.115 e. The van der Waals surface area contributed by atoms with E-state index in [0.29, 0.717) is 0 Å². The van der Waals surface area contributed by atoms with Crippen LogP contribution < -0.4 is 5.32 Å². The average molecular weight is 207 g/mol. The van der Waals surface area contributed by atoms with Gasteiger partial charge in [0.15, 0.2) is 0 Å². The molecule has 1 aliphatic carbocycles. The Hall–Kier alpha value is -0.890. The van der Waals surface area contributed by atoms with Gasteiger partial charge >= 0.3 is 0 Å². The van der Waals surface area contributed by atoms with Crippen LogP contribution in [0.1, 0.15) is 24.8 Å². The first kappa shape index (κ1) is 10.6. The van der Waals surface area contributed by atoms with E-state index in [1.54, 1.807) is 0 Å². The van der Waals surface area contributed by atoms with Crippen molar-refractivity contribution in [2.45, 2.75) is 37.9 Å². The Morgan fingerprint density at radius 2 is 2.00 bits per heavy atom. The Kier molecular flexibility index (Phi) is 3.73. The Bertz CT molecular complexity index is 286. The summed E-state index contributed by atoms with van der Waals surface area (Å²) in [5, 5.41) is 3.26. The molecular weight excluding hydrogens is 189 g/mol. The minimum atomic E-state index is -0.596. The first-order chi connectivity index (χ1) is 7.36. The topological polar surface area (TPSA) is 12.0 Å². The van der Waals surface area contributed by atoms with E-state index in [1.165, 1.54) is 5.56 Å². The predicted octanol–water partition coefficient (Wildman–Crippen LogP) is 2.71. The third-order valence-corrected chi connectivity index (χ3v) is 3.08. The Balaban J connectivity index is 1.59. The fraction of sp³-hybridized carbons (Fsp3) is 0.538. The zero-order valence-corrected chi connectivity index (χ0v) is 8.95. The van der Waals surface area contributed by atoms with Crippen molar-refractivity contribution in [3.05, 3.63) is 35.9 Å². The molecular formula is C13H18FN. The van der Waals surface area contributed by atoms with Gasteiger partial charge in [0.1, 0.15) is 6.17 Å². The molecule has 0 saturated heterocycles. The van der Waals surface area contributed by atoms with Gasteiger partial charge in [0.05, 0.1) is 0 Å². The first-order valence-corrected chi connectivity index (χ1v) is 5.77. The number of nitrogens with one attached hydrogen (secondary N) is 1. The Morgan fingerprint density at radius 1 is 1.20 bits per heavy atom.